The number of pyridine rings is 1. The summed E-state index contributed by atoms with van der Waals surface area (Å²) in [5, 5.41) is 0. The van der Waals surface area contributed by atoms with Gasteiger partial charge >= 0.3 is 0 Å². The van der Waals surface area contributed by atoms with E-state index in [1.165, 1.54) is 6.07 Å². The zero-order valence-electron chi connectivity index (χ0n) is 9.68. The lowest BCUT2D eigenvalue weighted by Crippen LogP contribution is -2.11. The molecule has 1 aromatic carbocycles. The molecule has 92 valence electrons. The van der Waals surface area contributed by atoms with Crippen molar-refractivity contribution in [2.24, 2.45) is 5.73 Å². The van der Waals surface area contributed by atoms with Crippen LogP contribution in [0.15, 0.2) is 40.9 Å². The fraction of sp³-hybridized carbons (Fsp3) is 0.0769. The Morgan fingerprint density at radius 1 is 1.33 bits per heavy atom. The number of primary amides is 1. The van der Waals surface area contributed by atoms with Gasteiger partial charge in [0.15, 0.2) is 0 Å². The molecule has 0 aliphatic heterocycles. The average molecular weight is 307 g/mol. The maximum Gasteiger partial charge on any atom is 0.248 e. The number of rotatable bonds is 3. The highest BCUT2D eigenvalue weighted by molar-refractivity contribution is 9.10. The monoisotopic (exact) mass is 306 g/mol. The normalized spacial score (nSPS) is 10.1. The molecule has 18 heavy (non-hydrogen) atoms. The highest BCUT2D eigenvalue weighted by Crippen LogP contribution is 2.28. The van der Waals surface area contributed by atoms with Crippen LogP contribution in [0, 0.1) is 6.92 Å². The van der Waals surface area contributed by atoms with Crippen molar-refractivity contribution < 1.29 is 9.53 Å². The number of aryl methyl sites for hydroxylation is 1. The minimum absolute atomic E-state index is 0.343. The lowest BCUT2D eigenvalue weighted by atomic mass is 10.2. The Morgan fingerprint density at radius 2 is 2.06 bits per heavy atom. The molecule has 0 fully saturated rings. The van der Waals surface area contributed by atoms with Crippen molar-refractivity contribution in [1.82, 2.24) is 4.98 Å². The number of amides is 1. The number of benzene rings is 1. The van der Waals surface area contributed by atoms with Gasteiger partial charge in [0.2, 0.25) is 11.8 Å². The molecule has 1 amide bonds. The maximum absolute atomic E-state index is 11.2. The SMILES string of the molecule is Cc1cc(C(N)=O)cc(Oc2ccccc2Br)n1. The summed E-state index contributed by atoms with van der Waals surface area (Å²) in [4.78, 5) is 15.4. The maximum atomic E-state index is 11.2. The largest absolute Gasteiger partial charge is 0.438 e. The third-order valence-corrected chi connectivity index (χ3v) is 2.92. The summed E-state index contributed by atoms with van der Waals surface area (Å²) in [5.41, 5.74) is 6.30. The molecule has 5 heteroatoms. The summed E-state index contributed by atoms with van der Waals surface area (Å²) >= 11 is 3.38. The number of nitrogens with two attached hydrogens (primary N) is 1. The molecule has 0 aliphatic carbocycles. The van der Waals surface area contributed by atoms with E-state index < -0.39 is 5.91 Å². The number of aromatic nitrogens is 1. The van der Waals surface area contributed by atoms with Crippen LogP contribution in [-0.4, -0.2) is 10.9 Å². The van der Waals surface area contributed by atoms with Gasteiger partial charge in [0.05, 0.1) is 4.47 Å². The zero-order valence-corrected chi connectivity index (χ0v) is 11.3. The molecule has 0 saturated heterocycles. The third-order valence-electron chi connectivity index (χ3n) is 2.27. The van der Waals surface area contributed by atoms with Gasteiger partial charge < -0.3 is 10.5 Å². The lowest BCUT2D eigenvalue weighted by molar-refractivity contribution is 0.0999. The molecule has 0 aliphatic rings. The molecule has 0 atom stereocenters. The standard InChI is InChI=1S/C13H11BrN2O2/c1-8-6-9(13(15)17)7-12(16-8)18-11-5-3-2-4-10(11)14/h2-7H,1H3,(H2,15,17). The quantitative estimate of drug-likeness (QED) is 0.948. The molecular formula is C13H11BrN2O2. The Balaban J connectivity index is 2.35. The van der Waals surface area contributed by atoms with Crippen LogP contribution in [0.5, 0.6) is 11.6 Å². The fourth-order valence-corrected chi connectivity index (χ4v) is 1.84. The molecule has 2 aromatic rings. The molecule has 2 N–H and O–H groups in total. The molecule has 1 heterocycles. The summed E-state index contributed by atoms with van der Waals surface area (Å²) < 4.78 is 6.43. The topological polar surface area (TPSA) is 65.2 Å². The van der Waals surface area contributed by atoms with Gasteiger partial charge in [-0.3, -0.25) is 4.79 Å². The van der Waals surface area contributed by atoms with Gasteiger partial charge in [-0.2, -0.15) is 0 Å². The van der Waals surface area contributed by atoms with Crippen LogP contribution in [0.25, 0.3) is 0 Å². The highest BCUT2D eigenvalue weighted by Gasteiger charge is 2.08. The Morgan fingerprint density at radius 3 is 2.72 bits per heavy atom. The Hall–Kier alpha value is -1.88. The second-order valence-corrected chi connectivity index (χ2v) is 4.59. The number of ether oxygens (including phenoxy) is 1. The fourth-order valence-electron chi connectivity index (χ4n) is 1.47. The number of carbonyl (C=O) groups excluding carboxylic acids is 1. The van der Waals surface area contributed by atoms with Gasteiger partial charge in [-0.15, -0.1) is 0 Å². The zero-order chi connectivity index (χ0) is 13.1. The predicted octanol–water partition coefficient (Wildman–Crippen LogP) is 3.04. The summed E-state index contributed by atoms with van der Waals surface area (Å²) in [6, 6.07) is 10.5. The number of nitrogens with zero attached hydrogens (tertiary/aromatic N) is 1. The number of halogens is 1. The first-order valence-corrected chi connectivity index (χ1v) is 6.06. The first kappa shape index (κ1) is 12.6. The van der Waals surface area contributed by atoms with E-state index in [0.717, 1.165) is 4.47 Å². The van der Waals surface area contributed by atoms with Crippen molar-refractivity contribution in [2.75, 3.05) is 0 Å². The highest BCUT2D eigenvalue weighted by atomic mass is 79.9. The van der Waals surface area contributed by atoms with E-state index in [1.54, 1.807) is 19.1 Å². The van der Waals surface area contributed by atoms with Gasteiger partial charge in [-0.05, 0) is 41.1 Å². The van der Waals surface area contributed by atoms with Gasteiger partial charge in [0, 0.05) is 17.3 Å². The van der Waals surface area contributed by atoms with Gasteiger partial charge in [-0.1, -0.05) is 12.1 Å². The third kappa shape index (κ3) is 2.87. The summed E-state index contributed by atoms with van der Waals surface area (Å²) in [6.45, 7) is 1.78. The van der Waals surface area contributed by atoms with Crippen LogP contribution in [0.4, 0.5) is 0 Å². The van der Waals surface area contributed by atoms with E-state index in [-0.39, 0.29) is 0 Å². The van der Waals surface area contributed by atoms with E-state index in [0.29, 0.717) is 22.9 Å². The van der Waals surface area contributed by atoms with Crippen LogP contribution in [0.3, 0.4) is 0 Å². The molecule has 0 bridgehead atoms. The van der Waals surface area contributed by atoms with Gasteiger partial charge in [0.25, 0.3) is 0 Å². The second-order valence-electron chi connectivity index (χ2n) is 3.73. The van der Waals surface area contributed by atoms with Crippen molar-refractivity contribution in [1.29, 1.82) is 0 Å². The number of carbonyl (C=O) groups is 1. The number of para-hydroxylation sites is 1. The van der Waals surface area contributed by atoms with Crippen LogP contribution in [0.2, 0.25) is 0 Å². The average Bonchev–Trinajstić information content (AvgIpc) is 2.31. The van der Waals surface area contributed by atoms with Crippen molar-refractivity contribution in [3.05, 3.63) is 52.1 Å². The van der Waals surface area contributed by atoms with Gasteiger partial charge in [0.1, 0.15) is 5.75 Å². The Kier molecular flexibility index (Phi) is 3.62. The summed E-state index contributed by atoms with van der Waals surface area (Å²) in [6.07, 6.45) is 0. The number of hydrogen-bond donors (Lipinski definition) is 1. The van der Waals surface area contributed by atoms with Crippen molar-refractivity contribution in [2.45, 2.75) is 6.92 Å². The Bertz CT molecular complexity index is 599. The van der Waals surface area contributed by atoms with E-state index in [4.69, 9.17) is 10.5 Å². The van der Waals surface area contributed by atoms with Crippen molar-refractivity contribution in [3.8, 4) is 11.6 Å². The molecule has 0 saturated carbocycles. The first-order chi connectivity index (χ1) is 8.56. The summed E-state index contributed by atoms with van der Waals surface area (Å²) in [5.74, 6) is 0.471. The second kappa shape index (κ2) is 5.18. The molecule has 4 nitrogen and oxygen atoms in total. The predicted molar refractivity (Wildman–Crippen MR) is 71.7 cm³/mol. The molecule has 0 spiro atoms. The minimum atomic E-state index is -0.502. The lowest BCUT2D eigenvalue weighted by Gasteiger charge is -2.08. The van der Waals surface area contributed by atoms with Crippen LogP contribution >= 0.6 is 15.9 Å². The van der Waals surface area contributed by atoms with E-state index in [2.05, 4.69) is 20.9 Å². The smallest absolute Gasteiger partial charge is 0.248 e. The molecule has 0 unspecified atom stereocenters. The van der Waals surface area contributed by atoms with Gasteiger partial charge in [-0.25, -0.2) is 4.98 Å². The van der Waals surface area contributed by atoms with Crippen LogP contribution in [0.1, 0.15) is 16.1 Å². The first-order valence-electron chi connectivity index (χ1n) is 5.27. The molecular weight excluding hydrogens is 296 g/mol. The van der Waals surface area contributed by atoms with Crippen LogP contribution in [-0.2, 0) is 0 Å². The van der Waals surface area contributed by atoms with E-state index in [1.807, 2.05) is 18.2 Å². The summed E-state index contributed by atoms with van der Waals surface area (Å²) in [7, 11) is 0. The van der Waals surface area contributed by atoms with Crippen LogP contribution < -0.4 is 10.5 Å². The minimum Gasteiger partial charge on any atom is -0.438 e. The van der Waals surface area contributed by atoms with E-state index >= 15 is 0 Å². The molecule has 1 aromatic heterocycles. The molecule has 0 radical (unpaired) electrons. The van der Waals surface area contributed by atoms with E-state index in [9.17, 15) is 4.79 Å². The van der Waals surface area contributed by atoms with Crippen molar-refractivity contribution in [3.63, 3.8) is 0 Å². The van der Waals surface area contributed by atoms with Crippen molar-refractivity contribution >= 4 is 21.8 Å². The number of hydrogen-bond acceptors (Lipinski definition) is 3. The molecule has 2 rings (SSSR count). The Labute approximate surface area is 113 Å².